The van der Waals surface area contributed by atoms with E-state index in [0.29, 0.717) is 12.7 Å². The maximum Gasteiger partial charge on any atom is 0.231 e. The number of nitrogens with one attached hydrogen (secondary N) is 1. The molecule has 132 valence electrons. The lowest BCUT2D eigenvalue weighted by molar-refractivity contribution is 0.174. The fourth-order valence-corrected chi connectivity index (χ4v) is 3.43. The van der Waals surface area contributed by atoms with Crippen LogP contribution in [0.4, 0.5) is 0 Å². The molecular weight excluding hydrogens is 322 g/mol. The minimum Gasteiger partial charge on any atom is -0.454 e. The molecule has 0 saturated heterocycles. The number of benzene rings is 3. The molecule has 3 heteroatoms. The molecule has 0 fully saturated rings. The number of hydrogen-bond donors (Lipinski definition) is 1. The van der Waals surface area contributed by atoms with Crippen LogP contribution >= 0.6 is 0 Å². The minimum absolute atomic E-state index is 0.321. The van der Waals surface area contributed by atoms with Crippen molar-refractivity contribution < 1.29 is 9.47 Å². The summed E-state index contributed by atoms with van der Waals surface area (Å²) in [6.07, 6.45) is 1.05. The molecule has 26 heavy (non-hydrogen) atoms. The largest absolute Gasteiger partial charge is 0.454 e. The Morgan fingerprint density at radius 1 is 0.769 bits per heavy atom. The summed E-state index contributed by atoms with van der Waals surface area (Å²) in [5.41, 5.74) is 3.94. The maximum atomic E-state index is 5.45. The summed E-state index contributed by atoms with van der Waals surface area (Å²) < 4.78 is 10.8. The smallest absolute Gasteiger partial charge is 0.231 e. The van der Waals surface area contributed by atoms with Crippen molar-refractivity contribution in [1.82, 2.24) is 5.32 Å². The number of fused-ring (bicyclic) bond motifs is 1. The van der Waals surface area contributed by atoms with Crippen molar-refractivity contribution >= 4 is 0 Å². The van der Waals surface area contributed by atoms with Crippen LogP contribution in [-0.2, 0) is 6.54 Å². The van der Waals surface area contributed by atoms with Gasteiger partial charge in [-0.1, -0.05) is 66.7 Å². The average Bonchev–Trinajstić information content (AvgIpc) is 3.17. The first-order chi connectivity index (χ1) is 12.9. The zero-order chi connectivity index (χ0) is 17.6. The summed E-state index contributed by atoms with van der Waals surface area (Å²) >= 11 is 0. The van der Waals surface area contributed by atoms with Gasteiger partial charge in [-0.15, -0.1) is 0 Å². The monoisotopic (exact) mass is 345 g/mol. The van der Waals surface area contributed by atoms with Crippen molar-refractivity contribution in [1.29, 1.82) is 0 Å². The first kappa shape index (κ1) is 16.7. The van der Waals surface area contributed by atoms with Crippen molar-refractivity contribution in [2.24, 2.45) is 0 Å². The Kier molecular flexibility index (Phi) is 5.17. The van der Waals surface area contributed by atoms with Crippen LogP contribution in [-0.4, -0.2) is 13.3 Å². The molecule has 4 rings (SSSR count). The molecular formula is C23H23NO2. The molecule has 0 aromatic heterocycles. The first-order valence-corrected chi connectivity index (χ1v) is 9.09. The molecule has 1 aliphatic heterocycles. The van der Waals surface area contributed by atoms with Gasteiger partial charge in [-0.25, -0.2) is 0 Å². The summed E-state index contributed by atoms with van der Waals surface area (Å²) in [5, 5.41) is 3.57. The van der Waals surface area contributed by atoms with Crippen LogP contribution in [0.25, 0.3) is 0 Å². The van der Waals surface area contributed by atoms with E-state index in [0.717, 1.165) is 31.0 Å². The van der Waals surface area contributed by atoms with Gasteiger partial charge < -0.3 is 14.8 Å². The molecule has 1 aliphatic rings. The minimum atomic E-state index is 0.321. The van der Waals surface area contributed by atoms with E-state index >= 15 is 0 Å². The molecule has 0 unspecified atom stereocenters. The zero-order valence-electron chi connectivity index (χ0n) is 14.7. The fourth-order valence-electron chi connectivity index (χ4n) is 3.43. The summed E-state index contributed by atoms with van der Waals surface area (Å²) in [6, 6.07) is 27.6. The molecule has 0 bridgehead atoms. The second kappa shape index (κ2) is 8.07. The Hall–Kier alpha value is -2.78. The molecule has 0 atom stereocenters. The molecule has 3 aromatic carbocycles. The maximum absolute atomic E-state index is 5.45. The number of hydrogen-bond acceptors (Lipinski definition) is 3. The van der Waals surface area contributed by atoms with Crippen molar-refractivity contribution in [3.8, 4) is 11.5 Å². The Bertz CT molecular complexity index is 794. The summed E-state index contributed by atoms with van der Waals surface area (Å²) in [6.45, 7) is 2.10. The van der Waals surface area contributed by atoms with Crippen LogP contribution in [0.5, 0.6) is 11.5 Å². The molecule has 1 N–H and O–H groups in total. The second-order valence-electron chi connectivity index (χ2n) is 6.53. The third kappa shape index (κ3) is 3.89. The number of rotatable bonds is 7. The van der Waals surface area contributed by atoms with Crippen LogP contribution < -0.4 is 14.8 Å². The molecule has 0 amide bonds. The van der Waals surface area contributed by atoms with Crippen molar-refractivity contribution in [3.05, 3.63) is 95.6 Å². The Labute approximate surface area is 154 Å². The lowest BCUT2D eigenvalue weighted by atomic mass is 9.88. The van der Waals surface area contributed by atoms with Crippen LogP contribution in [0.1, 0.15) is 29.0 Å². The molecule has 0 aliphatic carbocycles. The normalized spacial score (nSPS) is 12.5. The second-order valence-corrected chi connectivity index (χ2v) is 6.53. The summed E-state index contributed by atoms with van der Waals surface area (Å²) in [4.78, 5) is 0. The fraction of sp³-hybridized carbons (Fsp3) is 0.217. The molecule has 0 saturated carbocycles. The van der Waals surface area contributed by atoms with Gasteiger partial charge in [0.1, 0.15) is 0 Å². The highest BCUT2D eigenvalue weighted by Crippen LogP contribution is 2.32. The highest BCUT2D eigenvalue weighted by atomic mass is 16.7. The predicted octanol–water partition coefficient (Wildman–Crippen LogP) is 4.73. The van der Waals surface area contributed by atoms with Gasteiger partial charge in [0.05, 0.1) is 0 Å². The SMILES string of the molecule is c1ccc(C(CCNCc2ccc3c(c2)OCO3)c2ccccc2)cc1. The third-order valence-corrected chi connectivity index (χ3v) is 4.78. The highest BCUT2D eigenvalue weighted by molar-refractivity contribution is 5.44. The van der Waals surface area contributed by atoms with Crippen LogP contribution in [0.15, 0.2) is 78.9 Å². The van der Waals surface area contributed by atoms with Gasteiger partial charge in [0.2, 0.25) is 6.79 Å². The van der Waals surface area contributed by atoms with Gasteiger partial charge >= 0.3 is 0 Å². The van der Waals surface area contributed by atoms with Gasteiger partial charge in [-0.05, 0) is 41.8 Å². The van der Waals surface area contributed by atoms with Crippen LogP contribution in [0.3, 0.4) is 0 Å². The Balaban J connectivity index is 1.38. The van der Waals surface area contributed by atoms with E-state index in [2.05, 4.69) is 78.1 Å². The lowest BCUT2D eigenvalue weighted by Crippen LogP contribution is -2.17. The Morgan fingerprint density at radius 3 is 2.12 bits per heavy atom. The van der Waals surface area contributed by atoms with E-state index < -0.39 is 0 Å². The van der Waals surface area contributed by atoms with Crippen molar-refractivity contribution in [3.63, 3.8) is 0 Å². The van der Waals surface area contributed by atoms with Crippen molar-refractivity contribution in [2.75, 3.05) is 13.3 Å². The number of ether oxygens (including phenoxy) is 2. The summed E-state index contributed by atoms with van der Waals surface area (Å²) in [7, 11) is 0. The third-order valence-electron chi connectivity index (χ3n) is 4.78. The van der Waals surface area contributed by atoms with E-state index in [1.54, 1.807) is 0 Å². The van der Waals surface area contributed by atoms with E-state index in [1.807, 2.05) is 6.07 Å². The molecule has 0 radical (unpaired) electrons. The molecule has 0 spiro atoms. The Morgan fingerprint density at radius 2 is 1.42 bits per heavy atom. The summed E-state index contributed by atoms with van der Waals surface area (Å²) in [5.74, 6) is 2.08. The first-order valence-electron chi connectivity index (χ1n) is 9.09. The van der Waals surface area contributed by atoms with Gasteiger partial charge in [0.25, 0.3) is 0 Å². The molecule has 1 heterocycles. The topological polar surface area (TPSA) is 30.5 Å². The lowest BCUT2D eigenvalue weighted by Gasteiger charge is -2.18. The van der Waals surface area contributed by atoms with E-state index in [4.69, 9.17) is 9.47 Å². The average molecular weight is 345 g/mol. The zero-order valence-corrected chi connectivity index (χ0v) is 14.7. The molecule has 3 aromatic rings. The quantitative estimate of drug-likeness (QED) is 0.628. The predicted molar refractivity (Wildman–Crippen MR) is 104 cm³/mol. The van der Waals surface area contributed by atoms with E-state index in [1.165, 1.54) is 16.7 Å². The van der Waals surface area contributed by atoms with Crippen LogP contribution in [0, 0.1) is 0 Å². The standard InChI is InChI=1S/C23H23NO2/c1-3-7-19(8-4-1)21(20-9-5-2-6-10-20)13-14-24-16-18-11-12-22-23(15-18)26-17-25-22/h1-12,15,21,24H,13-14,16-17H2. The van der Waals surface area contributed by atoms with Gasteiger partial charge in [0.15, 0.2) is 11.5 Å². The van der Waals surface area contributed by atoms with Gasteiger partial charge in [0, 0.05) is 12.5 Å². The highest BCUT2D eigenvalue weighted by Gasteiger charge is 2.14. The van der Waals surface area contributed by atoms with Crippen molar-refractivity contribution in [2.45, 2.75) is 18.9 Å². The van der Waals surface area contributed by atoms with E-state index in [-0.39, 0.29) is 0 Å². The van der Waals surface area contributed by atoms with Gasteiger partial charge in [-0.2, -0.15) is 0 Å². The van der Waals surface area contributed by atoms with Crippen LogP contribution in [0.2, 0.25) is 0 Å². The van der Waals surface area contributed by atoms with Gasteiger partial charge in [-0.3, -0.25) is 0 Å². The molecule has 3 nitrogen and oxygen atoms in total. The van der Waals surface area contributed by atoms with E-state index in [9.17, 15) is 0 Å².